The Morgan fingerprint density at radius 3 is 2.75 bits per heavy atom. The highest BCUT2D eigenvalue weighted by molar-refractivity contribution is 7.99. The first-order valence-electron chi connectivity index (χ1n) is 7.68. The van der Waals surface area contributed by atoms with Crippen LogP contribution in [0.3, 0.4) is 0 Å². The first kappa shape index (κ1) is 16.5. The van der Waals surface area contributed by atoms with Crippen LogP contribution in [0, 0.1) is 0 Å². The fourth-order valence-electron chi connectivity index (χ4n) is 2.62. The number of thioether (sulfide) groups is 1. The summed E-state index contributed by atoms with van der Waals surface area (Å²) in [4.78, 5) is 16.4. The van der Waals surface area contributed by atoms with E-state index in [0.29, 0.717) is 5.75 Å². The van der Waals surface area contributed by atoms with E-state index in [0.717, 1.165) is 4.90 Å². The smallest absolute Gasteiger partial charge is 0.268 e. The molecule has 1 heterocycles. The number of primary amides is 1. The van der Waals surface area contributed by atoms with Crippen molar-refractivity contribution >= 4 is 28.4 Å². The van der Waals surface area contributed by atoms with Crippen LogP contribution >= 0.6 is 11.8 Å². The van der Waals surface area contributed by atoms with Crippen LogP contribution in [0.25, 0.3) is 10.8 Å². The molecule has 0 unspecified atom stereocenters. The van der Waals surface area contributed by atoms with Gasteiger partial charge < -0.3 is 15.4 Å². The zero-order chi connectivity index (χ0) is 17.1. The molecule has 0 aliphatic heterocycles. The Hall–Kier alpha value is -2.31. The molecule has 0 saturated heterocycles. The highest BCUT2D eigenvalue weighted by atomic mass is 32.2. The Kier molecular flexibility index (Phi) is 4.87. The molecule has 1 aromatic heterocycles. The second-order valence-electron chi connectivity index (χ2n) is 5.67. The zero-order valence-electron chi connectivity index (χ0n) is 13.3. The molecule has 1 amide bonds. The fraction of sp³-hybridized carbons (Fsp3) is 0.222. The summed E-state index contributed by atoms with van der Waals surface area (Å²) in [5, 5.41) is 12.5. The highest BCUT2D eigenvalue weighted by Gasteiger charge is 2.19. The SMILES string of the molecule is C[C@H](O)[C@H](CSc1cccc2ccccc12)n1cnc(C(N)=O)c1. The monoisotopic (exact) mass is 341 g/mol. The van der Waals surface area contributed by atoms with Crippen molar-refractivity contribution in [1.82, 2.24) is 9.55 Å². The number of aliphatic hydroxyl groups is 1. The highest BCUT2D eigenvalue weighted by Crippen LogP contribution is 2.31. The van der Waals surface area contributed by atoms with Gasteiger partial charge in [0.25, 0.3) is 5.91 Å². The summed E-state index contributed by atoms with van der Waals surface area (Å²) in [5.74, 6) is 0.0834. The van der Waals surface area contributed by atoms with Gasteiger partial charge >= 0.3 is 0 Å². The van der Waals surface area contributed by atoms with E-state index in [9.17, 15) is 9.90 Å². The number of hydrogen-bond donors (Lipinski definition) is 2. The third-order valence-electron chi connectivity index (χ3n) is 3.95. The standard InChI is InChI=1S/C18H19N3O2S/c1-12(22)16(21-9-15(18(19)23)20-11-21)10-24-17-8-4-6-13-5-2-3-7-14(13)17/h2-9,11-12,16,22H,10H2,1H3,(H2,19,23)/t12-,16-/m0/s1. The number of nitrogens with zero attached hydrogens (tertiary/aromatic N) is 2. The zero-order valence-corrected chi connectivity index (χ0v) is 14.1. The molecule has 24 heavy (non-hydrogen) atoms. The molecule has 6 heteroatoms. The van der Waals surface area contributed by atoms with E-state index in [1.54, 1.807) is 35.8 Å². The summed E-state index contributed by atoms with van der Waals surface area (Å²) in [6.07, 6.45) is 2.55. The van der Waals surface area contributed by atoms with Gasteiger partial charge in [0.1, 0.15) is 5.69 Å². The lowest BCUT2D eigenvalue weighted by atomic mass is 10.1. The van der Waals surface area contributed by atoms with Crippen LogP contribution in [0.1, 0.15) is 23.5 Å². The summed E-state index contributed by atoms with van der Waals surface area (Å²) in [7, 11) is 0. The number of carbonyl (C=O) groups is 1. The van der Waals surface area contributed by atoms with Crippen molar-refractivity contribution in [2.24, 2.45) is 5.73 Å². The summed E-state index contributed by atoms with van der Waals surface area (Å²) >= 11 is 1.67. The molecule has 0 radical (unpaired) electrons. The molecule has 3 rings (SSSR count). The molecule has 0 spiro atoms. The van der Waals surface area contributed by atoms with Crippen molar-refractivity contribution in [2.75, 3.05) is 5.75 Å². The summed E-state index contributed by atoms with van der Waals surface area (Å²) in [6, 6.07) is 14.2. The van der Waals surface area contributed by atoms with Crippen molar-refractivity contribution in [2.45, 2.75) is 24.0 Å². The van der Waals surface area contributed by atoms with Crippen LogP contribution in [0.2, 0.25) is 0 Å². The molecule has 0 saturated carbocycles. The van der Waals surface area contributed by atoms with Crippen LogP contribution in [0.15, 0.2) is 59.9 Å². The van der Waals surface area contributed by atoms with Gasteiger partial charge in [0.15, 0.2) is 0 Å². The van der Waals surface area contributed by atoms with Gasteiger partial charge in [0, 0.05) is 16.8 Å². The van der Waals surface area contributed by atoms with Gasteiger partial charge in [-0.2, -0.15) is 0 Å². The number of nitrogens with two attached hydrogens (primary N) is 1. The first-order chi connectivity index (χ1) is 11.6. The van der Waals surface area contributed by atoms with E-state index in [-0.39, 0.29) is 11.7 Å². The van der Waals surface area contributed by atoms with Gasteiger partial charge in [0.05, 0.1) is 18.5 Å². The lowest BCUT2D eigenvalue weighted by molar-refractivity contribution is 0.0995. The normalized spacial score (nSPS) is 13.8. The minimum absolute atomic E-state index is 0.199. The van der Waals surface area contributed by atoms with Gasteiger partial charge in [-0.05, 0) is 23.8 Å². The van der Waals surface area contributed by atoms with Crippen LogP contribution in [0.4, 0.5) is 0 Å². The second kappa shape index (κ2) is 7.07. The number of aliphatic hydroxyl groups excluding tert-OH is 1. The number of carbonyl (C=O) groups excluding carboxylic acids is 1. The van der Waals surface area contributed by atoms with E-state index < -0.39 is 12.0 Å². The molecule has 0 bridgehead atoms. The van der Waals surface area contributed by atoms with Crippen LogP contribution in [0.5, 0.6) is 0 Å². The minimum atomic E-state index is -0.581. The maximum Gasteiger partial charge on any atom is 0.268 e. The van der Waals surface area contributed by atoms with Crippen molar-refractivity contribution in [3.05, 3.63) is 60.7 Å². The molecule has 3 aromatic rings. The minimum Gasteiger partial charge on any atom is -0.391 e. The molecule has 0 aliphatic rings. The van der Waals surface area contributed by atoms with Gasteiger partial charge in [-0.25, -0.2) is 4.98 Å². The molecule has 3 N–H and O–H groups in total. The molecule has 5 nitrogen and oxygen atoms in total. The maximum atomic E-state index is 11.2. The largest absolute Gasteiger partial charge is 0.391 e. The Morgan fingerprint density at radius 1 is 1.29 bits per heavy atom. The maximum absolute atomic E-state index is 11.2. The van der Waals surface area contributed by atoms with Gasteiger partial charge in [0.2, 0.25) is 0 Å². The number of fused-ring (bicyclic) bond motifs is 1. The van der Waals surface area contributed by atoms with Gasteiger partial charge in [-0.15, -0.1) is 11.8 Å². The van der Waals surface area contributed by atoms with Crippen molar-refractivity contribution < 1.29 is 9.90 Å². The Balaban J connectivity index is 1.82. The third-order valence-corrected chi connectivity index (χ3v) is 5.13. The molecule has 0 aliphatic carbocycles. The quantitative estimate of drug-likeness (QED) is 0.676. The second-order valence-corrected chi connectivity index (χ2v) is 6.73. The number of rotatable bonds is 6. The molecular weight excluding hydrogens is 322 g/mol. The Morgan fingerprint density at radius 2 is 2.04 bits per heavy atom. The molecule has 0 fully saturated rings. The number of imidazole rings is 1. The van der Waals surface area contributed by atoms with Gasteiger partial charge in [-0.3, -0.25) is 4.79 Å². The van der Waals surface area contributed by atoms with Crippen LogP contribution < -0.4 is 5.73 Å². The molecular formula is C18H19N3O2S. The van der Waals surface area contributed by atoms with Gasteiger partial charge in [-0.1, -0.05) is 36.4 Å². The first-order valence-corrected chi connectivity index (χ1v) is 8.66. The number of aromatic nitrogens is 2. The average molecular weight is 341 g/mol. The van der Waals surface area contributed by atoms with Crippen LogP contribution in [-0.4, -0.2) is 32.4 Å². The number of amides is 1. The predicted molar refractivity (Wildman–Crippen MR) is 96.1 cm³/mol. The van der Waals surface area contributed by atoms with E-state index in [1.807, 2.05) is 18.2 Å². The van der Waals surface area contributed by atoms with Crippen molar-refractivity contribution in [3.8, 4) is 0 Å². The predicted octanol–water partition coefficient (Wildman–Crippen LogP) is 2.85. The van der Waals surface area contributed by atoms with E-state index in [4.69, 9.17) is 5.73 Å². The topological polar surface area (TPSA) is 81.1 Å². The lowest BCUT2D eigenvalue weighted by Gasteiger charge is -2.21. The molecule has 124 valence electrons. The fourth-order valence-corrected chi connectivity index (χ4v) is 3.93. The lowest BCUT2D eigenvalue weighted by Crippen LogP contribution is -2.23. The number of hydrogen-bond acceptors (Lipinski definition) is 4. The average Bonchev–Trinajstić information content (AvgIpc) is 3.05. The summed E-state index contributed by atoms with van der Waals surface area (Å²) in [6.45, 7) is 1.73. The van der Waals surface area contributed by atoms with E-state index >= 15 is 0 Å². The molecule has 2 atom stereocenters. The Labute approximate surface area is 144 Å². The number of benzene rings is 2. The summed E-state index contributed by atoms with van der Waals surface area (Å²) in [5.41, 5.74) is 5.45. The molecule has 2 aromatic carbocycles. The van der Waals surface area contributed by atoms with Crippen LogP contribution in [-0.2, 0) is 0 Å². The van der Waals surface area contributed by atoms with Crippen molar-refractivity contribution in [1.29, 1.82) is 0 Å². The van der Waals surface area contributed by atoms with E-state index in [1.165, 1.54) is 10.8 Å². The summed E-state index contributed by atoms with van der Waals surface area (Å²) < 4.78 is 1.75. The van der Waals surface area contributed by atoms with Crippen molar-refractivity contribution in [3.63, 3.8) is 0 Å². The van der Waals surface area contributed by atoms with E-state index in [2.05, 4.69) is 29.2 Å². The Bertz CT molecular complexity index is 855. The third kappa shape index (κ3) is 3.44.